The fourth-order valence-electron chi connectivity index (χ4n) is 3.37. The van der Waals surface area contributed by atoms with Crippen molar-refractivity contribution in [3.63, 3.8) is 0 Å². The Morgan fingerprint density at radius 3 is 2.83 bits per heavy atom. The predicted octanol–water partition coefficient (Wildman–Crippen LogP) is 2.09. The van der Waals surface area contributed by atoms with Gasteiger partial charge in [0.05, 0.1) is 22.5 Å². The summed E-state index contributed by atoms with van der Waals surface area (Å²) in [6.45, 7) is 7.57. The zero-order valence-corrected chi connectivity index (χ0v) is 15.6. The molecule has 2 aromatic heterocycles. The first-order valence-corrected chi connectivity index (χ1v) is 9.19. The highest BCUT2D eigenvalue weighted by Gasteiger charge is 2.29. The molecule has 2 aromatic rings. The number of carbonyl (C=O) groups excluding carboxylic acids is 1. The quantitative estimate of drug-likeness (QED) is 0.831. The zero-order valence-electron chi connectivity index (χ0n) is 14.8. The smallest absolute Gasteiger partial charge is 0.257 e. The van der Waals surface area contributed by atoms with E-state index in [9.17, 15) is 4.79 Å². The van der Waals surface area contributed by atoms with Crippen molar-refractivity contribution in [2.45, 2.75) is 26.8 Å². The van der Waals surface area contributed by atoms with Crippen molar-refractivity contribution in [3.05, 3.63) is 33.5 Å². The highest BCUT2D eigenvalue weighted by molar-refractivity contribution is 7.09. The Hall–Kier alpha value is -1.73. The van der Waals surface area contributed by atoms with E-state index in [-0.39, 0.29) is 5.91 Å². The molecule has 0 aliphatic carbocycles. The molecule has 1 aliphatic rings. The number of rotatable bonds is 5. The molecule has 0 unspecified atom stereocenters. The molecule has 0 saturated carbocycles. The largest absolute Gasteiger partial charge is 0.338 e. The van der Waals surface area contributed by atoms with Crippen molar-refractivity contribution < 1.29 is 4.79 Å². The van der Waals surface area contributed by atoms with Crippen LogP contribution in [-0.4, -0.2) is 57.2 Å². The Bertz CT molecular complexity index is 722. The first kappa shape index (κ1) is 17.1. The molecule has 130 valence electrons. The van der Waals surface area contributed by atoms with Crippen LogP contribution in [0.5, 0.6) is 0 Å². The summed E-state index contributed by atoms with van der Waals surface area (Å²) in [5, 5.41) is 4.28. The van der Waals surface area contributed by atoms with Crippen molar-refractivity contribution in [2.24, 2.45) is 13.0 Å². The van der Waals surface area contributed by atoms with Crippen molar-refractivity contribution in [3.8, 4) is 0 Å². The Morgan fingerprint density at radius 1 is 1.42 bits per heavy atom. The minimum absolute atomic E-state index is 0.115. The minimum atomic E-state index is 0.115. The van der Waals surface area contributed by atoms with Crippen LogP contribution in [0, 0.1) is 19.8 Å². The topological polar surface area (TPSA) is 54.3 Å². The predicted molar refractivity (Wildman–Crippen MR) is 95.1 cm³/mol. The Balaban J connectivity index is 1.54. The van der Waals surface area contributed by atoms with Gasteiger partial charge in [0.1, 0.15) is 0 Å². The number of likely N-dealkylation sites (tertiary alicyclic amines) is 1. The van der Waals surface area contributed by atoms with Crippen LogP contribution in [-0.2, 0) is 13.6 Å². The van der Waals surface area contributed by atoms with Gasteiger partial charge in [0.25, 0.3) is 5.91 Å². The summed E-state index contributed by atoms with van der Waals surface area (Å²) in [6.07, 6.45) is 2.89. The van der Waals surface area contributed by atoms with Crippen LogP contribution in [0.15, 0.2) is 11.7 Å². The Morgan fingerprint density at radius 2 is 2.21 bits per heavy atom. The third-order valence-corrected chi connectivity index (χ3v) is 5.57. The van der Waals surface area contributed by atoms with Gasteiger partial charge in [-0.25, -0.2) is 4.98 Å². The SMILES string of the molecule is Cc1nn(C)cc1C(=O)N1CC[C@@H](CN(C)Cc2scnc2C)C1. The normalized spacial score (nSPS) is 17.9. The maximum atomic E-state index is 12.7. The average molecular weight is 347 g/mol. The zero-order chi connectivity index (χ0) is 17.3. The van der Waals surface area contributed by atoms with Gasteiger partial charge in [0.2, 0.25) is 0 Å². The molecule has 3 heterocycles. The number of aryl methyl sites for hydroxylation is 3. The van der Waals surface area contributed by atoms with Crippen LogP contribution >= 0.6 is 11.3 Å². The summed E-state index contributed by atoms with van der Waals surface area (Å²) in [6, 6.07) is 0. The number of aromatic nitrogens is 3. The van der Waals surface area contributed by atoms with Crippen LogP contribution in [0.3, 0.4) is 0 Å². The van der Waals surface area contributed by atoms with Gasteiger partial charge in [-0.1, -0.05) is 0 Å². The van der Waals surface area contributed by atoms with Crippen LogP contribution < -0.4 is 0 Å². The van der Waals surface area contributed by atoms with E-state index in [4.69, 9.17) is 0 Å². The van der Waals surface area contributed by atoms with E-state index >= 15 is 0 Å². The lowest BCUT2D eigenvalue weighted by atomic mass is 10.1. The number of carbonyl (C=O) groups is 1. The number of hydrogen-bond acceptors (Lipinski definition) is 5. The maximum absolute atomic E-state index is 12.7. The lowest BCUT2D eigenvalue weighted by molar-refractivity contribution is 0.0783. The van der Waals surface area contributed by atoms with Crippen molar-refractivity contribution in [1.29, 1.82) is 0 Å². The highest BCUT2D eigenvalue weighted by atomic mass is 32.1. The molecule has 1 amide bonds. The van der Waals surface area contributed by atoms with Crippen molar-refractivity contribution in [2.75, 3.05) is 26.7 Å². The number of thiazole rings is 1. The van der Waals surface area contributed by atoms with Gasteiger partial charge >= 0.3 is 0 Å². The first-order chi connectivity index (χ1) is 11.4. The number of amides is 1. The lowest BCUT2D eigenvalue weighted by Gasteiger charge is -2.21. The van der Waals surface area contributed by atoms with E-state index in [1.54, 1.807) is 16.0 Å². The van der Waals surface area contributed by atoms with Crippen molar-refractivity contribution >= 4 is 17.2 Å². The van der Waals surface area contributed by atoms with Gasteiger partial charge in [-0.2, -0.15) is 5.10 Å². The van der Waals surface area contributed by atoms with E-state index in [0.717, 1.165) is 49.6 Å². The molecular weight excluding hydrogens is 322 g/mol. The molecule has 1 fully saturated rings. The van der Waals surface area contributed by atoms with Crippen LogP contribution in [0.4, 0.5) is 0 Å². The summed E-state index contributed by atoms with van der Waals surface area (Å²) in [5.74, 6) is 0.646. The summed E-state index contributed by atoms with van der Waals surface area (Å²) in [7, 11) is 4.00. The van der Waals surface area contributed by atoms with E-state index in [1.807, 2.05) is 30.6 Å². The molecule has 24 heavy (non-hydrogen) atoms. The molecule has 1 atom stereocenters. The molecule has 1 aliphatic heterocycles. The Kier molecular flexibility index (Phi) is 5.01. The Labute approximate surface area is 147 Å². The van der Waals surface area contributed by atoms with Crippen LogP contribution in [0.1, 0.15) is 33.0 Å². The highest BCUT2D eigenvalue weighted by Crippen LogP contribution is 2.22. The lowest BCUT2D eigenvalue weighted by Crippen LogP contribution is -2.31. The van der Waals surface area contributed by atoms with Gasteiger partial charge in [0.15, 0.2) is 0 Å². The van der Waals surface area contributed by atoms with Crippen molar-refractivity contribution in [1.82, 2.24) is 24.6 Å². The van der Waals surface area contributed by atoms with Crippen LogP contribution in [0.2, 0.25) is 0 Å². The number of nitrogens with zero attached hydrogens (tertiary/aromatic N) is 5. The molecule has 0 aromatic carbocycles. The molecule has 7 heteroatoms. The molecular formula is C17H25N5OS. The molecule has 0 bridgehead atoms. The molecule has 0 spiro atoms. The fraction of sp³-hybridized carbons (Fsp3) is 0.588. The maximum Gasteiger partial charge on any atom is 0.257 e. The minimum Gasteiger partial charge on any atom is -0.338 e. The van der Waals surface area contributed by atoms with E-state index in [0.29, 0.717) is 5.92 Å². The molecule has 1 saturated heterocycles. The number of hydrogen-bond donors (Lipinski definition) is 0. The van der Waals surface area contributed by atoms with Crippen LogP contribution in [0.25, 0.3) is 0 Å². The van der Waals surface area contributed by atoms with Gasteiger partial charge in [0, 0.05) is 44.3 Å². The van der Waals surface area contributed by atoms with Gasteiger partial charge in [-0.15, -0.1) is 11.3 Å². The average Bonchev–Trinajstić information content (AvgIpc) is 3.21. The van der Waals surface area contributed by atoms with E-state index in [2.05, 4.69) is 29.0 Å². The second-order valence-corrected chi connectivity index (χ2v) is 7.70. The van der Waals surface area contributed by atoms with Gasteiger partial charge in [-0.05, 0) is 33.2 Å². The third kappa shape index (κ3) is 3.67. The summed E-state index contributed by atoms with van der Waals surface area (Å²) < 4.78 is 1.71. The van der Waals surface area contributed by atoms with Gasteiger partial charge in [-0.3, -0.25) is 9.48 Å². The molecule has 3 rings (SSSR count). The van der Waals surface area contributed by atoms with E-state index in [1.165, 1.54) is 4.88 Å². The third-order valence-electron chi connectivity index (χ3n) is 4.65. The summed E-state index contributed by atoms with van der Waals surface area (Å²) in [4.78, 5) is 22.6. The van der Waals surface area contributed by atoms with Gasteiger partial charge < -0.3 is 9.80 Å². The van der Waals surface area contributed by atoms with E-state index < -0.39 is 0 Å². The standard InChI is InChI=1S/C17H25N5OS/c1-12-15(9-21(4)19-12)17(23)22-6-5-14(8-22)7-20(3)10-16-13(2)18-11-24-16/h9,11,14H,5-8,10H2,1-4H3/t14-/m0/s1. The summed E-state index contributed by atoms with van der Waals surface area (Å²) >= 11 is 1.72. The fourth-order valence-corrected chi connectivity index (χ4v) is 4.23. The second kappa shape index (κ2) is 7.03. The molecule has 0 N–H and O–H groups in total. The molecule has 6 nitrogen and oxygen atoms in total. The first-order valence-electron chi connectivity index (χ1n) is 8.31. The summed E-state index contributed by atoms with van der Waals surface area (Å²) in [5.41, 5.74) is 4.57. The monoisotopic (exact) mass is 347 g/mol. The molecule has 0 radical (unpaired) electrons. The second-order valence-electron chi connectivity index (χ2n) is 6.77.